The summed E-state index contributed by atoms with van der Waals surface area (Å²) in [5.41, 5.74) is 2.39. The van der Waals surface area contributed by atoms with Gasteiger partial charge in [-0.05, 0) is 32.8 Å². The smallest absolute Gasteiger partial charge is 0.249 e. The van der Waals surface area contributed by atoms with E-state index in [9.17, 15) is 14.0 Å². The Balaban J connectivity index is 1.63. The van der Waals surface area contributed by atoms with Crippen LogP contribution in [0.15, 0.2) is 28.4 Å². The molecule has 34 heavy (non-hydrogen) atoms. The topological polar surface area (TPSA) is 128 Å². The number of aromatic nitrogens is 2. The molecule has 2 N–H and O–H groups in total. The highest BCUT2D eigenvalue weighted by Crippen LogP contribution is 2.44. The van der Waals surface area contributed by atoms with Gasteiger partial charge in [0.1, 0.15) is 29.2 Å². The maximum atomic E-state index is 13.4. The SMILES string of the molecule is CC(=NC1CCN(C#N)CC1)/C(=N\N)c1cc(OC(C)C2CC(F)(F)C2)n2c(C#N)cnc2c1. The number of nitriles is 2. The first-order valence-corrected chi connectivity index (χ1v) is 11.2. The Labute approximate surface area is 196 Å². The molecule has 3 heterocycles. The quantitative estimate of drug-likeness (QED) is 0.300. The zero-order chi connectivity index (χ0) is 24.5. The molecule has 0 radical (unpaired) electrons. The second-order valence-electron chi connectivity index (χ2n) is 8.89. The van der Waals surface area contributed by atoms with Gasteiger partial charge in [-0.15, -0.1) is 0 Å². The molecule has 1 aliphatic heterocycles. The summed E-state index contributed by atoms with van der Waals surface area (Å²) >= 11 is 0. The normalized spacial score (nSPS) is 20.5. The number of pyridine rings is 1. The molecule has 1 saturated carbocycles. The van der Waals surface area contributed by atoms with E-state index >= 15 is 0 Å². The zero-order valence-electron chi connectivity index (χ0n) is 19.1. The lowest BCUT2D eigenvalue weighted by Gasteiger charge is -2.38. The second-order valence-corrected chi connectivity index (χ2v) is 8.89. The number of hydrogen-bond acceptors (Lipinski definition) is 8. The largest absolute Gasteiger partial charge is 0.475 e. The van der Waals surface area contributed by atoms with Crippen molar-refractivity contribution < 1.29 is 13.5 Å². The highest BCUT2D eigenvalue weighted by molar-refractivity contribution is 6.47. The summed E-state index contributed by atoms with van der Waals surface area (Å²) in [6, 6.07) is 5.55. The van der Waals surface area contributed by atoms with Gasteiger partial charge in [-0.1, -0.05) is 0 Å². The van der Waals surface area contributed by atoms with E-state index in [0.717, 1.165) is 12.8 Å². The molecule has 9 nitrogen and oxygen atoms in total. The first kappa shape index (κ1) is 23.4. The van der Waals surface area contributed by atoms with Crippen LogP contribution >= 0.6 is 0 Å². The van der Waals surface area contributed by atoms with Crippen molar-refractivity contribution in [1.82, 2.24) is 14.3 Å². The van der Waals surface area contributed by atoms with E-state index in [1.165, 1.54) is 6.20 Å². The summed E-state index contributed by atoms with van der Waals surface area (Å²) < 4.78 is 34.4. The Morgan fingerprint density at radius 3 is 2.59 bits per heavy atom. The Morgan fingerprint density at radius 2 is 2.00 bits per heavy atom. The van der Waals surface area contributed by atoms with Crippen LogP contribution in [0.4, 0.5) is 8.78 Å². The summed E-state index contributed by atoms with van der Waals surface area (Å²) in [7, 11) is 0. The number of nitrogens with two attached hydrogens (primary N) is 1. The third-order valence-corrected chi connectivity index (χ3v) is 6.51. The summed E-state index contributed by atoms with van der Waals surface area (Å²) in [5, 5.41) is 22.5. The van der Waals surface area contributed by atoms with Gasteiger partial charge in [-0.3, -0.25) is 9.39 Å². The number of imidazole rings is 1. The molecule has 1 atom stereocenters. The minimum Gasteiger partial charge on any atom is -0.475 e. The van der Waals surface area contributed by atoms with Gasteiger partial charge in [0.05, 0.1) is 18.0 Å². The van der Waals surface area contributed by atoms with E-state index < -0.39 is 12.0 Å². The molecular weight excluding hydrogens is 442 g/mol. The van der Waals surface area contributed by atoms with Crippen molar-refractivity contribution in [3.63, 3.8) is 0 Å². The van der Waals surface area contributed by atoms with E-state index in [2.05, 4.69) is 22.3 Å². The lowest BCUT2D eigenvalue weighted by molar-refractivity contribution is -0.134. The van der Waals surface area contributed by atoms with Crippen molar-refractivity contribution in [2.45, 2.75) is 57.6 Å². The van der Waals surface area contributed by atoms with Gasteiger partial charge >= 0.3 is 0 Å². The van der Waals surface area contributed by atoms with Crippen LogP contribution in [0.25, 0.3) is 5.65 Å². The Morgan fingerprint density at radius 1 is 1.29 bits per heavy atom. The van der Waals surface area contributed by atoms with Gasteiger partial charge in [0.2, 0.25) is 11.8 Å². The molecule has 0 spiro atoms. The van der Waals surface area contributed by atoms with Crippen LogP contribution in [-0.4, -0.2) is 56.9 Å². The number of halogens is 2. The number of hydrazone groups is 1. The van der Waals surface area contributed by atoms with Gasteiger partial charge in [-0.25, -0.2) is 13.8 Å². The maximum absolute atomic E-state index is 13.4. The number of ether oxygens (including phenoxy) is 1. The van der Waals surface area contributed by atoms with Crippen molar-refractivity contribution >= 4 is 17.1 Å². The van der Waals surface area contributed by atoms with Crippen LogP contribution in [0.1, 0.15) is 50.8 Å². The van der Waals surface area contributed by atoms with Crippen molar-refractivity contribution in [2.24, 2.45) is 21.9 Å². The number of fused-ring (bicyclic) bond motifs is 1. The number of hydrogen-bond donors (Lipinski definition) is 1. The number of aliphatic imine (C=N–C) groups is 1. The van der Waals surface area contributed by atoms with Crippen molar-refractivity contribution in [3.05, 3.63) is 29.6 Å². The van der Waals surface area contributed by atoms with Gasteiger partial charge < -0.3 is 15.5 Å². The van der Waals surface area contributed by atoms with Gasteiger partial charge in [0.15, 0.2) is 6.19 Å². The van der Waals surface area contributed by atoms with Crippen LogP contribution in [0, 0.1) is 28.7 Å². The van der Waals surface area contributed by atoms with Gasteiger partial charge in [0.25, 0.3) is 0 Å². The molecule has 11 heteroatoms. The van der Waals surface area contributed by atoms with E-state index in [0.29, 0.717) is 41.6 Å². The van der Waals surface area contributed by atoms with Crippen molar-refractivity contribution in [3.8, 4) is 18.1 Å². The molecule has 0 amide bonds. The molecule has 0 bridgehead atoms. The van der Waals surface area contributed by atoms with Crippen LogP contribution in [0.5, 0.6) is 5.88 Å². The van der Waals surface area contributed by atoms with Crippen molar-refractivity contribution in [1.29, 1.82) is 10.5 Å². The Bertz CT molecular complexity index is 1210. The molecule has 1 unspecified atom stereocenters. The molecule has 178 valence electrons. The molecule has 2 aromatic rings. The number of rotatable bonds is 6. The van der Waals surface area contributed by atoms with Crippen LogP contribution in [-0.2, 0) is 0 Å². The Hall–Kier alpha value is -3.73. The highest BCUT2D eigenvalue weighted by atomic mass is 19.3. The van der Waals surface area contributed by atoms with E-state index in [-0.39, 0.29) is 30.5 Å². The van der Waals surface area contributed by atoms with Crippen LogP contribution < -0.4 is 10.6 Å². The Kier molecular flexibility index (Phi) is 6.38. The number of likely N-dealkylation sites (tertiary alicyclic amines) is 1. The summed E-state index contributed by atoms with van der Waals surface area (Å²) in [5.74, 6) is 3.11. The van der Waals surface area contributed by atoms with E-state index in [4.69, 9.17) is 20.8 Å². The van der Waals surface area contributed by atoms with Crippen LogP contribution in [0.3, 0.4) is 0 Å². The fourth-order valence-electron chi connectivity index (χ4n) is 4.51. The summed E-state index contributed by atoms with van der Waals surface area (Å²) in [6.45, 7) is 4.87. The molecule has 1 saturated heterocycles. The minimum absolute atomic E-state index is 0.0534. The number of piperidine rings is 1. The van der Waals surface area contributed by atoms with Crippen molar-refractivity contribution in [2.75, 3.05) is 13.1 Å². The first-order valence-electron chi connectivity index (χ1n) is 11.2. The molecule has 2 aromatic heterocycles. The second kappa shape index (κ2) is 9.26. The van der Waals surface area contributed by atoms with Crippen LogP contribution in [0.2, 0.25) is 0 Å². The summed E-state index contributed by atoms with van der Waals surface area (Å²) in [4.78, 5) is 10.8. The lowest BCUT2D eigenvalue weighted by Crippen LogP contribution is -2.43. The summed E-state index contributed by atoms with van der Waals surface area (Å²) in [6.07, 6.45) is 4.17. The fourth-order valence-corrected chi connectivity index (χ4v) is 4.51. The standard InChI is InChI=1S/C23H26F2N8O/c1-14(30-18-3-5-32(13-27)6-4-18)22(31-28)16-7-20-29-12-19(11-26)33(20)21(8-16)34-15(2)17-9-23(24,25)10-17/h7-8,12,15,17-18H,3-6,9-10,28H2,1-2H3/b30-14?,31-22+. The molecule has 2 fully saturated rings. The predicted octanol–water partition coefficient (Wildman–Crippen LogP) is 3.09. The molecular formula is C23H26F2N8O. The fraction of sp³-hybridized carbons (Fsp3) is 0.522. The van der Waals surface area contributed by atoms with E-state index in [1.807, 2.05) is 6.92 Å². The van der Waals surface area contributed by atoms with E-state index in [1.54, 1.807) is 28.4 Å². The molecule has 2 aliphatic rings. The van der Waals surface area contributed by atoms with Gasteiger partial charge in [-0.2, -0.15) is 15.6 Å². The monoisotopic (exact) mass is 468 g/mol. The average Bonchev–Trinajstić information content (AvgIpc) is 3.22. The third-order valence-electron chi connectivity index (χ3n) is 6.51. The molecule has 4 rings (SSSR count). The average molecular weight is 469 g/mol. The predicted molar refractivity (Wildman–Crippen MR) is 122 cm³/mol. The lowest BCUT2D eigenvalue weighted by atomic mass is 9.78. The number of alkyl halides is 2. The van der Waals surface area contributed by atoms with Gasteiger partial charge in [0, 0.05) is 43.5 Å². The third kappa shape index (κ3) is 4.65. The highest BCUT2D eigenvalue weighted by Gasteiger charge is 2.48. The first-order chi connectivity index (χ1) is 16.2. The molecule has 1 aliphatic carbocycles. The minimum atomic E-state index is -2.65. The molecule has 0 aromatic carbocycles. The zero-order valence-corrected chi connectivity index (χ0v) is 19.1. The number of nitrogens with zero attached hydrogens (tertiary/aromatic N) is 7. The maximum Gasteiger partial charge on any atom is 0.249 e.